The van der Waals surface area contributed by atoms with Crippen LogP contribution in [0.5, 0.6) is 0 Å². The summed E-state index contributed by atoms with van der Waals surface area (Å²) >= 11 is 0. The molecule has 0 aliphatic rings. The quantitative estimate of drug-likeness (QED) is 0.707. The van der Waals surface area contributed by atoms with Crippen molar-refractivity contribution in [3.05, 3.63) is 0 Å². The van der Waals surface area contributed by atoms with Gasteiger partial charge in [0.25, 0.3) is 0 Å². The van der Waals surface area contributed by atoms with Gasteiger partial charge in [-0.15, -0.1) is 0 Å². The molecule has 0 aromatic carbocycles. The molecule has 14 heavy (non-hydrogen) atoms. The summed E-state index contributed by atoms with van der Waals surface area (Å²) in [6.45, 7) is 6.02. The van der Waals surface area contributed by atoms with Crippen LogP contribution in [-0.2, 0) is 4.79 Å². The number of rotatable bonds is 4. The lowest BCUT2D eigenvalue weighted by molar-refractivity contribution is -0.138. The Kier molecular flexibility index (Phi) is 4.97. The minimum atomic E-state index is -1.03. The molecule has 5 nitrogen and oxygen atoms in total. The second-order valence-electron chi connectivity index (χ2n) is 3.78. The Hall–Kier alpha value is -1.26. The molecule has 0 rings (SSSR count). The van der Waals surface area contributed by atoms with Gasteiger partial charge in [-0.05, 0) is 12.8 Å². The Labute approximate surface area is 84.1 Å². The molecule has 0 spiro atoms. The van der Waals surface area contributed by atoms with Crippen molar-refractivity contribution in [2.45, 2.75) is 26.8 Å². The van der Waals surface area contributed by atoms with Crippen LogP contribution in [-0.4, -0.2) is 41.6 Å². The number of carboxylic acids is 1. The standard InChI is InChI=1S/C9H18N2O3/c1-6(2)5-11(4)9(14)10-7(3)8(12)13/h6-7H,5H2,1-4H3,(H,10,14)(H,12,13)/t7-/m1/s1. The average molecular weight is 202 g/mol. The van der Waals surface area contributed by atoms with Crippen LogP contribution in [0.4, 0.5) is 4.79 Å². The Morgan fingerprint density at radius 2 is 1.86 bits per heavy atom. The summed E-state index contributed by atoms with van der Waals surface area (Å²) in [5.41, 5.74) is 0. The van der Waals surface area contributed by atoms with Crippen molar-refractivity contribution in [3.8, 4) is 0 Å². The predicted octanol–water partition coefficient (Wildman–Crippen LogP) is 0.757. The molecule has 0 fully saturated rings. The average Bonchev–Trinajstić information content (AvgIpc) is 2.02. The molecule has 0 bridgehead atoms. The van der Waals surface area contributed by atoms with Crippen LogP contribution in [0.2, 0.25) is 0 Å². The van der Waals surface area contributed by atoms with Gasteiger partial charge < -0.3 is 15.3 Å². The van der Waals surface area contributed by atoms with Crippen LogP contribution < -0.4 is 5.32 Å². The van der Waals surface area contributed by atoms with Crippen LogP contribution in [0, 0.1) is 5.92 Å². The van der Waals surface area contributed by atoms with E-state index in [2.05, 4.69) is 5.32 Å². The molecule has 1 atom stereocenters. The summed E-state index contributed by atoms with van der Waals surface area (Å²) in [5.74, 6) is -0.665. The van der Waals surface area contributed by atoms with E-state index in [1.807, 2.05) is 13.8 Å². The van der Waals surface area contributed by atoms with Crippen molar-refractivity contribution in [1.82, 2.24) is 10.2 Å². The number of hydrogen-bond donors (Lipinski definition) is 2. The molecule has 2 N–H and O–H groups in total. The Morgan fingerprint density at radius 3 is 2.21 bits per heavy atom. The fourth-order valence-electron chi connectivity index (χ4n) is 0.988. The molecule has 0 heterocycles. The number of nitrogens with one attached hydrogen (secondary N) is 1. The third kappa shape index (κ3) is 4.69. The Balaban J connectivity index is 4.01. The second kappa shape index (κ2) is 5.47. The number of aliphatic carboxylic acids is 1. The van der Waals surface area contributed by atoms with Crippen LogP contribution in [0.15, 0.2) is 0 Å². The van der Waals surface area contributed by atoms with Crippen LogP contribution in [0.1, 0.15) is 20.8 Å². The number of carbonyl (C=O) groups excluding carboxylic acids is 1. The fourth-order valence-corrected chi connectivity index (χ4v) is 0.988. The van der Waals surface area contributed by atoms with E-state index in [1.165, 1.54) is 11.8 Å². The lowest BCUT2D eigenvalue weighted by Crippen LogP contribution is -2.46. The first kappa shape index (κ1) is 12.7. The topological polar surface area (TPSA) is 69.6 Å². The van der Waals surface area contributed by atoms with Crippen molar-refractivity contribution in [1.29, 1.82) is 0 Å². The highest BCUT2D eigenvalue weighted by molar-refractivity contribution is 5.82. The van der Waals surface area contributed by atoms with Gasteiger partial charge in [0.15, 0.2) is 0 Å². The smallest absolute Gasteiger partial charge is 0.325 e. The first-order chi connectivity index (χ1) is 6.34. The van der Waals surface area contributed by atoms with Crippen molar-refractivity contribution in [2.24, 2.45) is 5.92 Å². The number of nitrogens with zero attached hydrogens (tertiary/aromatic N) is 1. The zero-order valence-electron chi connectivity index (χ0n) is 9.07. The molecule has 5 heteroatoms. The highest BCUT2D eigenvalue weighted by Gasteiger charge is 2.16. The molecule has 0 aliphatic heterocycles. The Morgan fingerprint density at radius 1 is 1.36 bits per heavy atom. The summed E-state index contributed by atoms with van der Waals surface area (Å²) in [5, 5.41) is 10.9. The normalized spacial score (nSPS) is 12.4. The van der Waals surface area contributed by atoms with E-state index in [1.54, 1.807) is 7.05 Å². The maximum atomic E-state index is 11.3. The third-order valence-electron chi connectivity index (χ3n) is 1.70. The maximum Gasteiger partial charge on any atom is 0.325 e. The van der Waals surface area contributed by atoms with Gasteiger partial charge >= 0.3 is 12.0 Å². The molecule has 0 radical (unpaired) electrons. The maximum absolute atomic E-state index is 11.3. The molecular formula is C9H18N2O3. The molecule has 2 amide bonds. The third-order valence-corrected chi connectivity index (χ3v) is 1.70. The second-order valence-corrected chi connectivity index (χ2v) is 3.78. The Bertz CT molecular complexity index is 216. The molecular weight excluding hydrogens is 184 g/mol. The van der Waals surface area contributed by atoms with Crippen LogP contribution in [0.25, 0.3) is 0 Å². The van der Waals surface area contributed by atoms with E-state index in [-0.39, 0.29) is 6.03 Å². The number of urea groups is 1. The van der Waals surface area contributed by atoms with Crippen LogP contribution >= 0.6 is 0 Å². The minimum absolute atomic E-state index is 0.353. The molecule has 0 aromatic heterocycles. The van der Waals surface area contributed by atoms with Gasteiger partial charge in [-0.3, -0.25) is 4.79 Å². The predicted molar refractivity (Wildman–Crippen MR) is 53.1 cm³/mol. The molecule has 0 aromatic rings. The number of amides is 2. The highest BCUT2D eigenvalue weighted by Crippen LogP contribution is 1.96. The molecule has 0 unspecified atom stereocenters. The highest BCUT2D eigenvalue weighted by atomic mass is 16.4. The van der Waals surface area contributed by atoms with Crippen molar-refractivity contribution < 1.29 is 14.7 Å². The summed E-state index contributed by atoms with van der Waals surface area (Å²) in [4.78, 5) is 23.3. The first-order valence-corrected chi connectivity index (χ1v) is 4.59. The molecule has 0 saturated carbocycles. The first-order valence-electron chi connectivity index (χ1n) is 4.59. The van der Waals surface area contributed by atoms with Gasteiger partial charge in [0.05, 0.1) is 0 Å². The fraction of sp³-hybridized carbons (Fsp3) is 0.778. The van der Waals surface area contributed by atoms with Gasteiger partial charge in [-0.25, -0.2) is 4.79 Å². The van der Waals surface area contributed by atoms with Gasteiger partial charge in [-0.2, -0.15) is 0 Å². The van der Waals surface area contributed by atoms with E-state index < -0.39 is 12.0 Å². The SMILES string of the molecule is CC(C)CN(C)C(=O)N[C@H](C)C(=O)O. The molecule has 0 saturated heterocycles. The van der Waals surface area contributed by atoms with E-state index in [4.69, 9.17) is 5.11 Å². The van der Waals surface area contributed by atoms with Gasteiger partial charge in [-0.1, -0.05) is 13.8 Å². The van der Waals surface area contributed by atoms with Crippen molar-refractivity contribution >= 4 is 12.0 Å². The summed E-state index contributed by atoms with van der Waals surface area (Å²) in [6, 6.07) is -1.20. The van der Waals surface area contributed by atoms with E-state index >= 15 is 0 Å². The molecule has 0 aliphatic carbocycles. The zero-order chi connectivity index (χ0) is 11.3. The number of carboxylic acid groups (broad SMARTS) is 1. The van der Waals surface area contributed by atoms with Crippen molar-refractivity contribution in [2.75, 3.05) is 13.6 Å². The monoisotopic (exact) mass is 202 g/mol. The number of hydrogen-bond acceptors (Lipinski definition) is 2. The lowest BCUT2D eigenvalue weighted by atomic mass is 10.2. The van der Waals surface area contributed by atoms with Crippen LogP contribution in [0.3, 0.4) is 0 Å². The van der Waals surface area contributed by atoms with E-state index in [9.17, 15) is 9.59 Å². The van der Waals surface area contributed by atoms with Gasteiger partial charge in [0.1, 0.15) is 6.04 Å². The summed E-state index contributed by atoms with van der Waals surface area (Å²) in [7, 11) is 1.64. The van der Waals surface area contributed by atoms with E-state index in [0.29, 0.717) is 12.5 Å². The van der Waals surface area contributed by atoms with Crippen molar-refractivity contribution in [3.63, 3.8) is 0 Å². The molecule has 82 valence electrons. The zero-order valence-corrected chi connectivity index (χ0v) is 9.07. The summed E-state index contributed by atoms with van der Waals surface area (Å²) in [6.07, 6.45) is 0. The number of carbonyl (C=O) groups is 2. The van der Waals surface area contributed by atoms with Gasteiger partial charge in [0.2, 0.25) is 0 Å². The van der Waals surface area contributed by atoms with E-state index in [0.717, 1.165) is 0 Å². The largest absolute Gasteiger partial charge is 0.480 e. The minimum Gasteiger partial charge on any atom is -0.480 e. The lowest BCUT2D eigenvalue weighted by Gasteiger charge is -2.21. The summed E-state index contributed by atoms with van der Waals surface area (Å²) < 4.78 is 0. The van der Waals surface area contributed by atoms with Gasteiger partial charge in [0, 0.05) is 13.6 Å².